The van der Waals surface area contributed by atoms with Gasteiger partial charge in [-0.3, -0.25) is 14.6 Å². The van der Waals surface area contributed by atoms with Crippen LogP contribution in [-0.4, -0.2) is 54.5 Å². The van der Waals surface area contributed by atoms with Crippen LogP contribution in [0.1, 0.15) is 17.3 Å². The zero-order valence-electron chi connectivity index (χ0n) is 17.7. The van der Waals surface area contributed by atoms with Gasteiger partial charge in [0.1, 0.15) is 11.4 Å². The van der Waals surface area contributed by atoms with Gasteiger partial charge in [0.15, 0.2) is 0 Å². The van der Waals surface area contributed by atoms with Crippen LogP contribution < -0.4 is 10.6 Å². The van der Waals surface area contributed by atoms with Crippen molar-refractivity contribution in [3.05, 3.63) is 66.5 Å². The topological polar surface area (TPSA) is 114 Å². The monoisotopic (exact) mass is 428 g/mol. The molecule has 9 nitrogen and oxygen atoms in total. The van der Waals surface area contributed by atoms with E-state index in [1.807, 2.05) is 29.9 Å². The highest BCUT2D eigenvalue weighted by Crippen LogP contribution is 2.34. The summed E-state index contributed by atoms with van der Waals surface area (Å²) in [7, 11) is 0. The summed E-state index contributed by atoms with van der Waals surface area (Å²) in [5.74, 6) is 0.766. The Morgan fingerprint density at radius 1 is 1.16 bits per heavy atom. The first kappa shape index (κ1) is 20.1. The van der Waals surface area contributed by atoms with Gasteiger partial charge in [0.2, 0.25) is 5.95 Å². The predicted octanol–water partition coefficient (Wildman–Crippen LogP) is 2.61. The molecule has 32 heavy (non-hydrogen) atoms. The molecule has 0 radical (unpaired) electrons. The quantitative estimate of drug-likeness (QED) is 0.412. The van der Waals surface area contributed by atoms with Gasteiger partial charge in [-0.2, -0.15) is 5.10 Å². The van der Waals surface area contributed by atoms with Crippen LogP contribution in [0.25, 0.3) is 22.5 Å². The molecule has 0 unspecified atom stereocenters. The van der Waals surface area contributed by atoms with Crippen molar-refractivity contribution < 1.29 is 5.11 Å². The van der Waals surface area contributed by atoms with Crippen molar-refractivity contribution in [2.75, 3.05) is 25.0 Å². The van der Waals surface area contributed by atoms with Crippen molar-refractivity contribution in [2.24, 2.45) is 0 Å². The average Bonchev–Trinajstić information content (AvgIpc) is 3.18. The third-order valence-corrected chi connectivity index (χ3v) is 5.41. The molecule has 5 rings (SSSR count). The second-order valence-electron chi connectivity index (χ2n) is 7.88. The van der Waals surface area contributed by atoms with E-state index in [1.54, 1.807) is 36.9 Å². The van der Waals surface area contributed by atoms with Crippen molar-refractivity contribution >= 4 is 5.95 Å². The van der Waals surface area contributed by atoms with Gasteiger partial charge in [0.25, 0.3) is 0 Å². The summed E-state index contributed by atoms with van der Waals surface area (Å²) in [6, 6.07) is 7.69. The fourth-order valence-electron chi connectivity index (χ4n) is 3.69. The van der Waals surface area contributed by atoms with Crippen LogP contribution in [0.2, 0.25) is 0 Å². The summed E-state index contributed by atoms with van der Waals surface area (Å²) in [6.45, 7) is 4.38. The lowest BCUT2D eigenvalue weighted by molar-refractivity contribution is 0.319. The largest absolute Gasteiger partial charge is 0.508 e. The number of benzene rings is 1. The molecular weight excluding hydrogens is 404 g/mol. The summed E-state index contributed by atoms with van der Waals surface area (Å²) in [5, 5.41) is 21.5. The minimum absolute atomic E-state index is 0.222. The maximum atomic E-state index is 10.1. The van der Waals surface area contributed by atoms with E-state index >= 15 is 0 Å². The van der Waals surface area contributed by atoms with Crippen molar-refractivity contribution in [1.29, 1.82) is 0 Å². The van der Waals surface area contributed by atoms with E-state index in [0.717, 1.165) is 53.3 Å². The van der Waals surface area contributed by atoms with Gasteiger partial charge in [-0.25, -0.2) is 9.97 Å². The van der Waals surface area contributed by atoms with Crippen molar-refractivity contribution in [2.45, 2.75) is 19.4 Å². The number of aromatic nitrogens is 6. The molecule has 0 aliphatic carbocycles. The van der Waals surface area contributed by atoms with E-state index in [2.05, 4.69) is 25.6 Å². The maximum absolute atomic E-state index is 10.1. The summed E-state index contributed by atoms with van der Waals surface area (Å²) in [4.78, 5) is 17.5. The molecule has 3 N–H and O–H groups in total. The summed E-state index contributed by atoms with van der Waals surface area (Å²) in [6.07, 6.45) is 9.61. The van der Waals surface area contributed by atoms with Gasteiger partial charge in [-0.1, -0.05) is 0 Å². The van der Waals surface area contributed by atoms with Gasteiger partial charge in [0.05, 0.1) is 17.4 Å². The Morgan fingerprint density at radius 2 is 2.06 bits per heavy atom. The van der Waals surface area contributed by atoms with Crippen LogP contribution >= 0.6 is 0 Å². The third kappa shape index (κ3) is 4.28. The molecule has 0 atom stereocenters. The highest BCUT2D eigenvalue weighted by Gasteiger charge is 2.23. The van der Waals surface area contributed by atoms with Gasteiger partial charge < -0.3 is 15.7 Å². The Kier molecular flexibility index (Phi) is 5.47. The number of nitrogens with one attached hydrogen (secondary N) is 2. The van der Waals surface area contributed by atoms with E-state index in [-0.39, 0.29) is 5.75 Å². The molecule has 0 spiro atoms. The highest BCUT2D eigenvalue weighted by molar-refractivity contribution is 5.79. The number of aryl methyl sites for hydroxylation is 1. The summed E-state index contributed by atoms with van der Waals surface area (Å²) < 4.78 is 1.99. The number of hydrogen-bond acceptors (Lipinski definition) is 8. The smallest absolute Gasteiger partial charge is 0.223 e. The number of nitrogens with zero attached hydrogens (tertiary/aromatic N) is 6. The minimum atomic E-state index is 0.222. The minimum Gasteiger partial charge on any atom is -0.508 e. The Hall–Kier alpha value is -3.85. The van der Waals surface area contributed by atoms with Gasteiger partial charge in [-0.05, 0) is 36.8 Å². The Bertz CT molecular complexity index is 1200. The SMILES string of the molecule is Cc1cc(O)cc(-c2nn(C3CNC3)cc2-c2ccnc(NCCc3cnccn3)n2)c1. The van der Waals surface area contributed by atoms with Crippen LogP contribution in [-0.2, 0) is 6.42 Å². The van der Waals surface area contributed by atoms with E-state index in [1.165, 1.54) is 0 Å². The third-order valence-electron chi connectivity index (χ3n) is 5.41. The first-order valence-electron chi connectivity index (χ1n) is 10.6. The molecule has 0 bridgehead atoms. The van der Waals surface area contributed by atoms with Crippen LogP contribution in [0.4, 0.5) is 5.95 Å². The van der Waals surface area contributed by atoms with Crippen LogP contribution in [0.5, 0.6) is 5.75 Å². The number of phenolic OH excluding ortho intramolecular Hbond substituents is 1. The van der Waals surface area contributed by atoms with Crippen molar-refractivity contribution in [3.63, 3.8) is 0 Å². The predicted molar refractivity (Wildman–Crippen MR) is 121 cm³/mol. The second-order valence-corrected chi connectivity index (χ2v) is 7.88. The number of aromatic hydroxyl groups is 1. The highest BCUT2D eigenvalue weighted by atomic mass is 16.3. The molecule has 1 aliphatic rings. The van der Waals surface area contributed by atoms with Crippen LogP contribution in [0.15, 0.2) is 55.2 Å². The van der Waals surface area contributed by atoms with Gasteiger partial charge in [0, 0.05) is 68.2 Å². The number of phenols is 1. The number of anilines is 1. The van der Waals surface area contributed by atoms with E-state index < -0.39 is 0 Å². The van der Waals surface area contributed by atoms with Crippen molar-refractivity contribution in [3.8, 4) is 28.3 Å². The second kappa shape index (κ2) is 8.72. The molecule has 0 saturated carbocycles. The standard InChI is InChI=1S/C23H24N8O/c1-15-8-16(10-19(32)9-15)22-20(14-31(30-22)18-12-25-13-18)21-3-5-28-23(29-21)27-4-2-17-11-24-6-7-26-17/h3,5-11,14,18,25,32H,2,4,12-13H2,1H3,(H,27,28,29). The zero-order chi connectivity index (χ0) is 21.9. The molecule has 0 amide bonds. The maximum Gasteiger partial charge on any atom is 0.223 e. The molecule has 3 aromatic heterocycles. The first-order chi connectivity index (χ1) is 15.7. The molecule has 1 saturated heterocycles. The fourth-order valence-corrected chi connectivity index (χ4v) is 3.69. The fraction of sp³-hybridized carbons (Fsp3) is 0.261. The first-order valence-corrected chi connectivity index (χ1v) is 10.6. The normalized spacial score (nSPS) is 13.7. The van der Waals surface area contributed by atoms with Gasteiger partial charge >= 0.3 is 0 Å². The molecule has 1 aromatic carbocycles. The van der Waals surface area contributed by atoms with E-state index in [4.69, 9.17) is 10.1 Å². The number of rotatable bonds is 7. The summed E-state index contributed by atoms with van der Waals surface area (Å²) >= 11 is 0. The molecule has 162 valence electrons. The molecule has 9 heteroatoms. The lowest BCUT2D eigenvalue weighted by Gasteiger charge is -2.27. The lowest BCUT2D eigenvalue weighted by Crippen LogP contribution is -2.43. The lowest BCUT2D eigenvalue weighted by atomic mass is 10.0. The average molecular weight is 429 g/mol. The van der Waals surface area contributed by atoms with Crippen LogP contribution in [0, 0.1) is 6.92 Å². The Balaban J connectivity index is 1.44. The molecule has 1 fully saturated rings. The molecule has 4 aromatic rings. The van der Waals surface area contributed by atoms with E-state index in [9.17, 15) is 5.11 Å². The molecule has 4 heterocycles. The Labute approximate surface area is 185 Å². The Morgan fingerprint density at radius 3 is 2.81 bits per heavy atom. The van der Waals surface area contributed by atoms with E-state index in [0.29, 0.717) is 18.5 Å². The zero-order valence-corrected chi connectivity index (χ0v) is 17.7. The number of hydrogen-bond donors (Lipinski definition) is 3. The summed E-state index contributed by atoms with van der Waals surface area (Å²) in [5.41, 5.74) is 5.21. The molecular formula is C23H24N8O. The van der Waals surface area contributed by atoms with Crippen molar-refractivity contribution in [1.82, 2.24) is 35.0 Å². The van der Waals surface area contributed by atoms with Crippen LogP contribution in [0.3, 0.4) is 0 Å². The van der Waals surface area contributed by atoms with Gasteiger partial charge in [-0.15, -0.1) is 0 Å². The molecule has 1 aliphatic heterocycles.